The molecule has 200 valence electrons. The van der Waals surface area contributed by atoms with Gasteiger partial charge >= 0.3 is 5.69 Å². The van der Waals surface area contributed by atoms with E-state index in [1.165, 1.54) is 12.8 Å². The zero-order chi connectivity index (χ0) is 26.4. The molecular weight excluding hydrogens is 480 g/mol. The van der Waals surface area contributed by atoms with Crippen LogP contribution in [-0.2, 0) is 16.5 Å². The Morgan fingerprint density at radius 1 is 1.03 bits per heavy atom. The molecule has 9 nitrogen and oxygen atoms in total. The van der Waals surface area contributed by atoms with Gasteiger partial charge in [-0.3, -0.25) is 19.0 Å². The third-order valence-corrected chi connectivity index (χ3v) is 7.73. The predicted molar refractivity (Wildman–Crippen MR) is 147 cm³/mol. The van der Waals surface area contributed by atoms with E-state index in [9.17, 15) is 4.79 Å². The monoisotopic (exact) mass is 516 g/mol. The van der Waals surface area contributed by atoms with Crippen LogP contribution in [0, 0.1) is 0 Å². The summed E-state index contributed by atoms with van der Waals surface area (Å²) in [4.78, 5) is 20.0. The topological polar surface area (TPSA) is 87.3 Å². The van der Waals surface area contributed by atoms with Crippen molar-refractivity contribution in [2.75, 3.05) is 26.2 Å². The summed E-state index contributed by atoms with van der Waals surface area (Å²) in [6, 6.07) is 10.2. The van der Waals surface area contributed by atoms with Gasteiger partial charge in [-0.05, 0) is 63.8 Å². The first-order valence-electron chi connectivity index (χ1n) is 13.7. The number of imidazole rings is 1. The Hall–Kier alpha value is -3.14. The number of ether oxygens (including phenoxy) is 2. The normalized spacial score (nSPS) is 19.2. The van der Waals surface area contributed by atoms with E-state index >= 15 is 0 Å². The molecular formula is C29H36N6O3. The predicted octanol–water partition coefficient (Wildman–Crippen LogP) is 4.26. The molecule has 0 N–H and O–H groups in total. The number of likely N-dealkylation sites (tertiary alicyclic amines) is 1. The highest BCUT2D eigenvalue weighted by molar-refractivity contribution is 6.02. The lowest BCUT2D eigenvalue weighted by molar-refractivity contribution is 0.0320. The Morgan fingerprint density at radius 2 is 1.84 bits per heavy atom. The summed E-state index contributed by atoms with van der Waals surface area (Å²) in [6.45, 7) is 9.77. The second-order valence-electron chi connectivity index (χ2n) is 10.9. The van der Waals surface area contributed by atoms with E-state index in [4.69, 9.17) is 14.5 Å². The number of aryl methyl sites for hydroxylation is 1. The van der Waals surface area contributed by atoms with Gasteiger partial charge in [0, 0.05) is 49.9 Å². The van der Waals surface area contributed by atoms with Crippen LogP contribution >= 0.6 is 0 Å². The smallest absolute Gasteiger partial charge is 0.330 e. The van der Waals surface area contributed by atoms with Crippen molar-refractivity contribution >= 4 is 22.1 Å². The molecule has 1 saturated heterocycles. The number of aromatic nitrogens is 5. The van der Waals surface area contributed by atoms with E-state index in [2.05, 4.69) is 34.2 Å². The molecule has 4 heterocycles. The fraction of sp³-hybridized carbons (Fsp3) is 0.517. The van der Waals surface area contributed by atoms with Crippen molar-refractivity contribution in [1.29, 1.82) is 0 Å². The Labute approximate surface area is 222 Å². The van der Waals surface area contributed by atoms with Crippen LogP contribution in [0.15, 0.2) is 41.3 Å². The number of nitrogens with zero attached hydrogens (tertiary/aromatic N) is 6. The van der Waals surface area contributed by atoms with Crippen molar-refractivity contribution in [3.8, 4) is 11.1 Å². The van der Waals surface area contributed by atoms with Gasteiger partial charge in [0.2, 0.25) is 0 Å². The SMILES string of the molecule is CC(C)n1c(=O)n(C)c2nnc3ccc(-c4ccc([C@@H](C)OCCN5CCC(OC6CC6)C5)nc4)cc3c21. The minimum Gasteiger partial charge on any atom is -0.374 e. The van der Waals surface area contributed by atoms with Crippen LogP contribution in [0.3, 0.4) is 0 Å². The summed E-state index contributed by atoms with van der Waals surface area (Å²) < 4.78 is 15.5. The van der Waals surface area contributed by atoms with Gasteiger partial charge < -0.3 is 9.47 Å². The molecule has 0 amide bonds. The molecule has 3 aromatic heterocycles. The Kier molecular flexibility index (Phi) is 6.75. The van der Waals surface area contributed by atoms with E-state index in [-0.39, 0.29) is 17.8 Å². The highest BCUT2D eigenvalue weighted by Crippen LogP contribution is 2.30. The van der Waals surface area contributed by atoms with Gasteiger partial charge in [-0.1, -0.05) is 12.1 Å². The first-order valence-corrected chi connectivity index (χ1v) is 13.7. The van der Waals surface area contributed by atoms with Crippen molar-refractivity contribution in [2.24, 2.45) is 7.05 Å². The van der Waals surface area contributed by atoms with Crippen LogP contribution in [0.5, 0.6) is 0 Å². The van der Waals surface area contributed by atoms with Crippen LogP contribution in [0.25, 0.3) is 33.2 Å². The maximum Gasteiger partial charge on any atom is 0.330 e. The molecule has 1 unspecified atom stereocenters. The average molecular weight is 517 g/mol. The third-order valence-electron chi connectivity index (χ3n) is 7.73. The summed E-state index contributed by atoms with van der Waals surface area (Å²) in [6.07, 6.45) is 6.32. The van der Waals surface area contributed by atoms with Gasteiger partial charge in [0.15, 0.2) is 5.65 Å². The first kappa shape index (κ1) is 25.2. The molecule has 1 aliphatic heterocycles. The summed E-state index contributed by atoms with van der Waals surface area (Å²) in [5.41, 5.74) is 5.01. The number of benzene rings is 1. The molecule has 2 atom stereocenters. The lowest BCUT2D eigenvalue weighted by Crippen LogP contribution is -2.27. The molecule has 6 rings (SSSR count). The largest absolute Gasteiger partial charge is 0.374 e. The van der Waals surface area contributed by atoms with Crippen LogP contribution < -0.4 is 5.69 Å². The summed E-state index contributed by atoms with van der Waals surface area (Å²) >= 11 is 0. The summed E-state index contributed by atoms with van der Waals surface area (Å²) in [5.74, 6) is 0. The van der Waals surface area contributed by atoms with Gasteiger partial charge in [-0.2, -0.15) is 0 Å². The third kappa shape index (κ3) is 4.86. The van der Waals surface area contributed by atoms with Crippen LogP contribution in [0.2, 0.25) is 0 Å². The lowest BCUT2D eigenvalue weighted by atomic mass is 10.0. The van der Waals surface area contributed by atoms with E-state index < -0.39 is 0 Å². The number of hydrogen-bond acceptors (Lipinski definition) is 7. The molecule has 1 saturated carbocycles. The second-order valence-corrected chi connectivity index (χ2v) is 10.9. The van der Waals surface area contributed by atoms with Gasteiger partial charge in [0.25, 0.3) is 0 Å². The lowest BCUT2D eigenvalue weighted by Gasteiger charge is -2.18. The van der Waals surface area contributed by atoms with E-state index in [1.807, 2.05) is 38.2 Å². The number of rotatable bonds is 9. The Balaban J connectivity index is 1.15. The summed E-state index contributed by atoms with van der Waals surface area (Å²) in [7, 11) is 1.74. The molecule has 9 heteroatoms. The number of hydrogen-bond donors (Lipinski definition) is 0. The van der Waals surface area contributed by atoms with Crippen LogP contribution in [0.4, 0.5) is 0 Å². The Morgan fingerprint density at radius 3 is 2.58 bits per heavy atom. The van der Waals surface area contributed by atoms with Crippen molar-refractivity contribution in [2.45, 2.75) is 64.4 Å². The molecule has 0 bridgehead atoms. The molecule has 1 aromatic carbocycles. The molecule has 1 aliphatic carbocycles. The van der Waals surface area contributed by atoms with Crippen molar-refractivity contribution in [3.05, 3.63) is 52.7 Å². The number of fused-ring (bicyclic) bond motifs is 3. The van der Waals surface area contributed by atoms with E-state index in [0.717, 1.165) is 59.3 Å². The van der Waals surface area contributed by atoms with Crippen LogP contribution in [0.1, 0.15) is 57.9 Å². The molecule has 0 radical (unpaired) electrons. The molecule has 0 spiro atoms. The minimum atomic E-state index is -0.0849. The van der Waals surface area contributed by atoms with Gasteiger partial charge in [-0.15, -0.1) is 10.2 Å². The van der Waals surface area contributed by atoms with Gasteiger partial charge in [0.05, 0.1) is 36.1 Å². The number of pyridine rings is 1. The second kappa shape index (κ2) is 10.2. The maximum atomic E-state index is 12.9. The average Bonchev–Trinajstić information content (AvgIpc) is 3.56. The zero-order valence-electron chi connectivity index (χ0n) is 22.6. The van der Waals surface area contributed by atoms with E-state index in [0.29, 0.717) is 24.5 Å². The standard InChI is InChI=1S/C29H36N6O3/c1-18(2)35-27-24-15-20(5-10-26(24)31-32-28(27)33(4)29(35)36)21-6-9-25(30-16-21)19(3)37-14-13-34-12-11-23(17-34)38-22-7-8-22/h5-6,9-10,15-16,18-19,22-23H,7-8,11-14,17H2,1-4H3/t19-,23?/m1/s1. The molecule has 2 fully saturated rings. The highest BCUT2D eigenvalue weighted by atomic mass is 16.5. The quantitative estimate of drug-likeness (QED) is 0.329. The highest BCUT2D eigenvalue weighted by Gasteiger charge is 2.30. The zero-order valence-corrected chi connectivity index (χ0v) is 22.6. The van der Waals surface area contributed by atoms with Crippen LogP contribution in [-0.4, -0.2) is 67.7 Å². The van der Waals surface area contributed by atoms with E-state index in [1.54, 1.807) is 16.2 Å². The Bertz CT molecular complexity index is 1510. The van der Waals surface area contributed by atoms with Gasteiger partial charge in [0.1, 0.15) is 5.52 Å². The summed E-state index contributed by atoms with van der Waals surface area (Å²) in [5, 5.41) is 9.61. The molecule has 2 aliphatic rings. The molecule has 38 heavy (non-hydrogen) atoms. The van der Waals surface area contributed by atoms with Crippen molar-refractivity contribution < 1.29 is 9.47 Å². The first-order chi connectivity index (χ1) is 18.4. The fourth-order valence-electron chi connectivity index (χ4n) is 5.40. The van der Waals surface area contributed by atoms with Crippen molar-refractivity contribution in [1.82, 2.24) is 29.2 Å². The minimum absolute atomic E-state index is 0.00710. The fourth-order valence-corrected chi connectivity index (χ4v) is 5.40. The molecule has 4 aromatic rings. The maximum absolute atomic E-state index is 12.9. The van der Waals surface area contributed by atoms with Crippen molar-refractivity contribution in [3.63, 3.8) is 0 Å². The van der Waals surface area contributed by atoms with Gasteiger partial charge in [-0.25, -0.2) is 4.79 Å².